The van der Waals surface area contributed by atoms with Crippen LogP contribution in [0.3, 0.4) is 0 Å². The van der Waals surface area contributed by atoms with Gasteiger partial charge in [0, 0.05) is 37.4 Å². The Morgan fingerprint density at radius 2 is 1.82 bits per heavy atom. The van der Waals surface area contributed by atoms with Crippen molar-refractivity contribution < 1.29 is 26.4 Å². The molecule has 12 heteroatoms. The first-order chi connectivity index (χ1) is 13.1. The molecule has 0 radical (unpaired) electrons. The van der Waals surface area contributed by atoms with E-state index in [9.17, 15) is 26.4 Å². The fourth-order valence-corrected chi connectivity index (χ4v) is 4.52. The van der Waals surface area contributed by atoms with Gasteiger partial charge in [-0.05, 0) is 24.3 Å². The molecule has 152 valence electrons. The van der Waals surface area contributed by atoms with Crippen LogP contribution in [0.5, 0.6) is 0 Å². The average Bonchev–Trinajstić information content (AvgIpc) is 3.11. The number of hydrogen-bond acceptors (Lipinski definition) is 4. The molecule has 1 aliphatic rings. The molecular weight excluding hydrogens is 421 g/mol. The van der Waals surface area contributed by atoms with Gasteiger partial charge in [0.1, 0.15) is 6.54 Å². The van der Waals surface area contributed by atoms with E-state index in [1.54, 1.807) is 6.07 Å². The van der Waals surface area contributed by atoms with Gasteiger partial charge in [-0.1, -0.05) is 17.7 Å². The monoisotopic (exact) mass is 436 g/mol. The molecule has 1 amide bonds. The fourth-order valence-electron chi connectivity index (χ4n) is 2.79. The quantitative estimate of drug-likeness (QED) is 0.735. The molecule has 0 N–H and O–H groups in total. The third kappa shape index (κ3) is 4.47. The minimum atomic E-state index is -4.57. The number of hydrogen-bond donors (Lipinski definition) is 0. The molecule has 28 heavy (non-hydrogen) atoms. The van der Waals surface area contributed by atoms with Gasteiger partial charge in [0.05, 0.1) is 4.90 Å². The number of sulfonamides is 1. The maximum Gasteiger partial charge on any atom is 0.435 e. The van der Waals surface area contributed by atoms with Crippen LogP contribution in [0.2, 0.25) is 5.02 Å². The zero-order chi connectivity index (χ0) is 20.5. The SMILES string of the molecule is O=C(Cn1ccc(C(F)(F)F)n1)N1CCN(S(=O)(=O)c2cccc(Cl)c2)CC1. The Morgan fingerprint density at radius 3 is 2.39 bits per heavy atom. The van der Waals surface area contributed by atoms with Crippen molar-refractivity contribution in [3.63, 3.8) is 0 Å². The molecule has 2 aromatic rings. The number of amides is 1. The molecule has 1 fully saturated rings. The zero-order valence-corrected chi connectivity index (χ0v) is 16.0. The van der Waals surface area contributed by atoms with Crippen molar-refractivity contribution in [1.82, 2.24) is 19.0 Å². The van der Waals surface area contributed by atoms with Crippen molar-refractivity contribution in [2.75, 3.05) is 26.2 Å². The summed E-state index contributed by atoms with van der Waals surface area (Å²) >= 11 is 5.85. The van der Waals surface area contributed by atoms with E-state index in [1.807, 2.05) is 0 Å². The number of halogens is 4. The minimum absolute atomic E-state index is 0.0657. The van der Waals surface area contributed by atoms with E-state index in [4.69, 9.17) is 11.6 Å². The van der Waals surface area contributed by atoms with Crippen LogP contribution in [0, 0.1) is 0 Å². The topological polar surface area (TPSA) is 75.5 Å². The van der Waals surface area contributed by atoms with Crippen LogP contribution in [0.4, 0.5) is 13.2 Å². The number of carbonyl (C=O) groups is 1. The predicted octanol–water partition coefficient (Wildman–Crippen LogP) is 2.09. The summed E-state index contributed by atoms with van der Waals surface area (Å²) < 4.78 is 65.2. The summed E-state index contributed by atoms with van der Waals surface area (Å²) in [7, 11) is -3.74. The van der Waals surface area contributed by atoms with Crippen molar-refractivity contribution in [3.05, 3.63) is 47.2 Å². The van der Waals surface area contributed by atoms with Crippen LogP contribution in [-0.2, 0) is 27.5 Å². The number of aromatic nitrogens is 2. The van der Waals surface area contributed by atoms with E-state index in [1.165, 1.54) is 27.4 Å². The lowest BCUT2D eigenvalue weighted by Crippen LogP contribution is -2.51. The third-order valence-corrected chi connectivity index (χ3v) is 6.38. The molecule has 1 aliphatic heterocycles. The molecule has 2 heterocycles. The lowest BCUT2D eigenvalue weighted by molar-refractivity contribution is -0.142. The maximum absolute atomic E-state index is 12.6. The Labute approximate surface area is 164 Å². The summed E-state index contributed by atoms with van der Waals surface area (Å²) in [6, 6.07) is 6.69. The maximum atomic E-state index is 12.6. The Bertz CT molecular complexity index is 970. The van der Waals surface area contributed by atoms with Crippen molar-refractivity contribution in [3.8, 4) is 0 Å². The molecule has 0 bridgehead atoms. The summed E-state index contributed by atoms with van der Waals surface area (Å²) in [6.07, 6.45) is -3.49. The highest BCUT2D eigenvalue weighted by atomic mass is 35.5. The smallest absolute Gasteiger partial charge is 0.338 e. The molecular formula is C16H16ClF3N4O3S. The van der Waals surface area contributed by atoms with E-state index in [2.05, 4.69) is 5.10 Å². The highest BCUT2D eigenvalue weighted by Crippen LogP contribution is 2.27. The van der Waals surface area contributed by atoms with Gasteiger partial charge in [-0.2, -0.15) is 22.6 Å². The van der Waals surface area contributed by atoms with Crippen LogP contribution in [0.15, 0.2) is 41.4 Å². The third-order valence-electron chi connectivity index (χ3n) is 4.25. The summed E-state index contributed by atoms with van der Waals surface area (Å²) in [5.41, 5.74) is -1.07. The predicted molar refractivity (Wildman–Crippen MR) is 94.0 cm³/mol. The van der Waals surface area contributed by atoms with Gasteiger partial charge in [-0.25, -0.2) is 8.42 Å². The molecule has 0 aliphatic carbocycles. The lowest BCUT2D eigenvalue weighted by atomic mass is 10.3. The van der Waals surface area contributed by atoms with E-state index in [0.29, 0.717) is 5.02 Å². The van der Waals surface area contributed by atoms with Gasteiger partial charge in [-0.3, -0.25) is 9.48 Å². The Balaban J connectivity index is 1.60. The number of rotatable bonds is 4. The van der Waals surface area contributed by atoms with Crippen LogP contribution >= 0.6 is 11.6 Å². The second-order valence-electron chi connectivity index (χ2n) is 6.14. The molecule has 0 atom stereocenters. The standard InChI is InChI=1S/C16H16ClF3N4O3S/c17-12-2-1-3-13(10-12)28(26,27)24-8-6-22(7-9-24)15(25)11-23-5-4-14(21-23)16(18,19)20/h1-5,10H,6-9,11H2. The summed E-state index contributed by atoms with van der Waals surface area (Å²) in [5.74, 6) is -0.434. The largest absolute Gasteiger partial charge is 0.435 e. The normalized spacial score (nSPS) is 16.4. The fraction of sp³-hybridized carbons (Fsp3) is 0.375. The molecule has 1 aromatic heterocycles. The minimum Gasteiger partial charge on any atom is -0.338 e. The van der Waals surface area contributed by atoms with Crippen LogP contribution in [0.25, 0.3) is 0 Å². The Hall–Kier alpha value is -2.11. The lowest BCUT2D eigenvalue weighted by Gasteiger charge is -2.34. The summed E-state index contributed by atoms with van der Waals surface area (Å²) in [4.78, 5) is 13.8. The number of benzene rings is 1. The first-order valence-corrected chi connectivity index (χ1v) is 10.0. The van der Waals surface area contributed by atoms with Gasteiger partial charge in [0.15, 0.2) is 5.69 Å². The molecule has 0 spiro atoms. The van der Waals surface area contributed by atoms with Crippen molar-refractivity contribution in [2.45, 2.75) is 17.6 Å². The van der Waals surface area contributed by atoms with E-state index in [-0.39, 0.29) is 37.6 Å². The Kier molecular flexibility index (Phi) is 5.69. The molecule has 3 rings (SSSR count). The first-order valence-electron chi connectivity index (χ1n) is 8.21. The second-order valence-corrected chi connectivity index (χ2v) is 8.51. The number of piperazine rings is 1. The number of nitrogens with zero attached hydrogens (tertiary/aromatic N) is 4. The van der Waals surface area contributed by atoms with Crippen molar-refractivity contribution >= 4 is 27.5 Å². The molecule has 0 saturated carbocycles. The van der Waals surface area contributed by atoms with Gasteiger partial charge in [0.25, 0.3) is 0 Å². The molecule has 1 aromatic carbocycles. The van der Waals surface area contributed by atoms with Gasteiger partial charge < -0.3 is 4.90 Å². The molecule has 1 saturated heterocycles. The van der Waals surface area contributed by atoms with Crippen LogP contribution < -0.4 is 0 Å². The van der Waals surface area contributed by atoms with Crippen LogP contribution in [-0.4, -0.2) is 59.5 Å². The summed E-state index contributed by atoms with van der Waals surface area (Å²) in [5, 5.41) is 3.64. The zero-order valence-electron chi connectivity index (χ0n) is 14.4. The summed E-state index contributed by atoms with van der Waals surface area (Å²) in [6.45, 7) is 0.0656. The molecule has 7 nitrogen and oxygen atoms in total. The van der Waals surface area contributed by atoms with Crippen molar-refractivity contribution in [2.24, 2.45) is 0 Å². The highest BCUT2D eigenvalue weighted by Gasteiger charge is 2.34. The van der Waals surface area contributed by atoms with E-state index in [0.717, 1.165) is 16.9 Å². The first kappa shape index (κ1) is 20.6. The second kappa shape index (κ2) is 7.72. The van der Waals surface area contributed by atoms with Crippen molar-refractivity contribution in [1.29, 1.82) is 0 Å². The van der Waals surface area contributed by atoms with Gasteiger partial charge in [0.2, 0.25) is 15.9 Å². The highest BCUT2D eigenvalue weighted by molar-refractivity contribution is 7.89. The number of alkyl halides is 3. The Morgan fingerprint density at radius 1 is 1.14 bits per heavy atom. The van der Waals surface area contributed by atoms with Gasteiger partial charge >= 0.3 is 6.18 Å². The number of carbonyl (C=O) groups excluding carboxylic acids is 1. The molecule has 0 unspecified atom stereocenters. The van der Waals surface area contributed by atoms with Crippen LogP contribution in [0.1, 0.15) is 5.69 Å². The van der Waals surface area contributed by atoms with E-state index >= 15 is 0 Å². The van der Waals surface area contributed by atoms with E-state index < -0.39 is 27.8 Å². The van der Waals surface area contributed by atoms with Gasteiger partial charge in [-0.15, -0.1) is 0 Å². The average molecular weight is 437 g/mol.